The second-order valence-electron chi connectivity index (χ2n) is 5.33. The van der Waals surface area contributed by atoms with Crippen molar-refractivity contribution in [3.05, 3.63) is 53.1 Å². The predicted octanol–water partition coefficient (Wildman–Crippen LogP) is 2.35. The summed E-state index contributed by atoms with van der Waals surface area (Å²) in [5.74, 6) is -1.74. The van der Waals surface area contributed by atoms with E-state index in [2.05, 4.69) is 16.0 Å². The van der Waals surface area contributed by atoms with Crippen LogP contribution in [0.3, 0.4) is 0 Å². The van der Waals surface area contributed by atoms with Gasteiger partial charge in [0.05, 0.1) is 13.7 Å². The molecule has 136 valence electrons. The fraction of sp³-hybridized carbons (Fsp3) is 0.167. The van der Waals surface area contributed by atoms with Crippen molar-refractivity contribution in [1.29, 1.82) is 0 Å². The lowest BCUT2D eigenvalue weighted by Crippen LogP contribution is -2.39. The van der Waals surface area contributed by atoms with Gasteiger partial charge in [0.2, 0.25) is 5.91 Å². The third kappa shape index (κ3) is 5.22. The van der Waals surface area contributed by atoms with Crippen molar-refractivity contribution in [3.63, 3.8) is 0 Å². The molecule has 0 bridgehead atoms. The fourth-order valence-corrected chi connectivity index (χ4v) is 2.24. The number of anilines is 2. The molecule has 7 nitrogen and oxygen atoms in total. The Labute approximate surface area is 155 Å². The Kier molecular flexibility index (Phi) is 6.57. The first-order valence-electron chi connectivity index (χ1n) is 7.69. The van der Waals surface area contributed by atoms with E-state index >= 15 is 0 Å². The zero-order valence-electron chi connectivity index (χ0n) is 14.3. The van der Waals surface area contributed by atoms with E-state index in [-0.39, 0.29) is 6.54 Å². The van der Waals surface area contributed by atoms with Gasteiger partial charge in [-0.2, -0.15) is 0 Å². The van der Waals surface area contributed by atoms with Gasteiger partial charge in [0.15, 0.2) is 0 Å². The number of carbonyl (C=O) groups is 3. The van der Waals surface area contributed by atoms with E-state index in [9.17, 15) is 14.4 Å². The van der Waals surface area contributed by atoms with Gasteiger partial charge in [-0.25, -0.2) is 0 Å². The highest BCUT2D eigenvalue weighted by molar-refractivity contribution is 6.40. The minimum atomic E-state index is -0.925. The summed E-state index contributed by atoms with van der Waals surface area (Å²) in [7, 11) is 1.49. The lowest BCUT2D eigenvalue weighted by Gasteiger charge is -2.10. The van der Waals surface area contributed by atoms with Crippen LogP contribution in [-0.2, 0) is 14.4 Å². The minimum absolute atomic E-state index is 0.351. The maximum Gasteiger partial charge on any atom is 0.313 e. The van der Waals surface area contributed by atoms with Gasteiger partial charge in [0.1, 0.15) is 5.75 Å². The highest BCUT2D eigenvalue weighted by Crippen LogP contribution is 2.22. The molecule has 0 aliphatic heterocycles. The first-order valence-corrected chi connectivity index (χ1v) is 8.06. The summed E-state index contributed by atoms with van der Waals surface area (Å²) in [6.45, 7) is 1.41. The van der Waals surface area contributed by atoms with Gasteiger partial charge in [0.25, 0.3) is 0 Å². The maximum absolute atomic E-state index is 11.9. The molecule has 8 heteroatoms. The van der Waals surface area contributed by atoms with Crippen LogP contribution in [0.5, 0.6) is 5.75 Å². The number of benzene rings is 2. The number of carbonyl (C=O) groups excluding carboxylic acids is 3. The highest BCUT2D eigenvalue weighted by Gasteiger charge is 2.15. The normalized spacial score (nSPS) is 9.96. The third-order valence-electron chi connectivity index (χ3n) is 3.49. The van der Waals surface area contributed by atoms with Crippen LogP contribution in [-0.4, -0.2) is 31.4 Å². The molecule has 0 aliphatic carbocycles. The quantitative estimate of drug-likeness (QED) is 0.699. The number of nitrogens with one attached hydrogen (secondary N) is 3. The summed E-state index contributed by atoms with van der Waals surface area (Å²) in [5, 5.41) is 7.83. The molecule has 0 saturated heterocycles. The largest absolute Gasteiger partial charge is 0.497 e. The van der Waals surface area contributed by atoms with Crippen molar-refractivity contribution in [2.75, 3.05) is 24.3 Å². The van der Waals surface area contributed by atoms with Gasteiger partial charge < -0.3 is 20.7 Å². The standard InChI is InChI=1S/C18H18ClN3O4/c1-11-14(19)7-4-8-15(11)22-16(23)10-20-17(24)18(25)21-12-5-3-6-13(9-12)26-2/h3-9H,10H2,1-2H3,(H,20,24)(H,21,25)(H,22,23). The molecule has 0 atom stereocenters. The molecule has 26 heavy (non-hydrogen) atoms. The smallest absolute Gasteiger partial charge is 0.313 e. The number of rotatable bonds is 5. The van der Waals surface area contributed by atoms with Crippen molar-refractivity contribution in [2.24, 2.45) is 0 Å². The summed E-state index contributed by atoms with van der Waals surface area (Å²) >= 11 is 5.98. The lowest BCUT2D eigenvalue weighted by atomic mass is 10.2. The Morgan fingerprint density at radius 1 is 1.04 bits per heavy atom. The fourth-order valence-electron chi connectivity index (χ4n) is 2.07. The molecular formula is C18H18ClN3O4. The van der Waals surface area contributed by atoms with Gasteiger partial charge >= 0.3 is 11.8 Å². The van der Waals surface area contributed by atoms with E-state index in [0.717, 1.165) is 0 Å². The molecule has 0 saturated carbocycles. The third-order valence-corrected chi connectivity index (χ3v) is 3.89. The number of ether oxygens (including phenoxy) is 1. The Bertz CT molecular complexity index is 839. The lowest BCUT2D eigenvalue weighted by molar-refractivity contribution is -0.136. The number of halogens is 1. The summed E-state index contributed by atoms with van der Waals surface area (Å²) in [6.07, 6.45) is 0. The number of hydrogen-bond acceptors (Lipinski definition) is 4. The number of hydrogen-bond donors (Lipinski definition) is 3. The Balaban J connectivity index is 1.86. The second kappa shape index (κ2) is 8.87. The number of amides is 3. The molecule has 2 aromatic rings. The Hall–Kier alpha value is -3.06. The van der Waals surface area contributed by atoms with Crippen LogP contribution < -0.4 is 20.7 Å². The average molecular weight is 376 g/mol. The van der Waals surface area contributed by atoms with Gasteiger partial charge in [0, 0.05) is 22.5 Å². The molecule has 0 radical (unpaired) electrons. The molecule has 0 spiro atoms. The topological polar surface area (TPSA) is 96.5 Å². The van der Waals surface area contributed by atoms with Crippen LogP contribution in [0.1, 0.15) is 5.56 Å². The molecule has 3 N–H and O–H groups in total. The van der Waals surface area contributed by atoms with E-state index in [1.54, 1.807) is 49.4 Å². The zero-order chi connectivity index (χ0) is 19.1. The van der Waals surface area contributed by atoms with Crippen LogP contribution in [0.15, 0.2) is 42.5 Å². The van der Waals surface area contributed by atoms with E-state index in [1.165, 1.54) is 7.11 Å². The summed E-state index contributed by atoms with van der Waals surface area (Å²) in [5.41, 5.74) is 1.66. The Morgan fingerprint density at radius 3 is 2.50 bits per heavy atom. The van der Waals surface area contributed by atoms with Gasteiger partial charge in [-0.05, 0) is 36.8 Å². The molecule has 3 amide bonds. The van der Waals surface area contributed by atoms with E-state index < -0.39 is 17.7 Å². The first-order chi connectivity index (χ1) is 12.4. The van der Waals surface area contributed by atoms with Crippen molar-refractivity contribution in [1.82, 2.24) is 5.32 Å². The minimum Gasteiger partial charge on any atom is -0.497 e. The van der Waals surface area contributed by atoms with Crippen LogP contribution in [0, 0.1) is 6.92 Å². The summed E-state index contributed by atoms with van der Waals surface area (Å²) in [4.78, 5) is 35.6. The van der Waals surface area contributed by atoms with Crippen LogP contribution >= 0.6 is 11.6 Å². The summed E-state index contributed by atoms with van der Waals surface area (Å²) < 4.78 is 5.04. The molecule has 0 heterocycles. The van der Waals surface area contributed by atoms with Crippen molar-refractivity contribution in [3.8, 4) is 5.75 Å². The van der Waals surface area contributed by atoms with Crippen LogP contribution in [0.4, 0.5) is 11.4 Å². The molecule has 0 fully saturated rings. The molecular weight excluding hydrogens is 358 g/mol. The van der Waals surface area contributed by atoms with Crippen LogP contribution in [0.25, 0.3) is 0 Å². The van der Waals surface area contributed by atoms with E-state index in [4.69, 9.17) is 16.3 Å². The molecule has 0 aliphatic rings. The molecule has 0 unspecified atom stereocenters. The van der Waals surface area contributed by atoms with Crippen molar-refractivity contribution < 1.29 is 19.1 Å². The SMILES string of the molecule is COc1cccc(NC(=O)C(=O)NCC(=O)Nc2cccc(Cl)c2C)c1. The monoisotopic (exact) mass is 375 g/mol. The molecule has 2 rings (SSSR count). The highest BCUT2D eigenvalue weighted by atomic mass is 35.5. The van der Waals surface area contributed by atoms with Crippen LogP contribution in [0.2, 0.25) is 5.02 Å². The predicted molar refractivity (Wildman–Crippen MR) is 99.5 cm³/mol. The van der Waals surface area contributed by atoms with E-state index in [0.29, 0.717) is 27.7 Å². The van der Waals surface area contributed by atoms with Gasteiger partial charge in [-0.3, -0.25) is 14.4 Å². The second-order valence-corrected chi connectivity index (χ2v) is 5.74. The van der Waals surface area contributed by atoms with Crippen molar-refractivity contribution >= 4 is 40.7 Å². The Morgan fingerprint density at radius 2 is 1.77 bits per heavy atom. The van der Waals surface area contributed by atoms with E-state index in [1.807, 2.05) is 0 Å². The maximum atomic E-state index is 11.9. The summed E-state index contributed by atoms with van der Waals surface area (Å²) in [6, 6.07) is 11.7. The van der Waals surface area contributed by atoms with Gasteiger partial charge in [-0.15, -0.1) is 0 Å². The van der Waals surface area contributed by atoms with Gasteiger partial charge in [-0.1, -0.05) is 23.7 Å². The molecule has 2 aromatic carbocycles. The average Bonchev–Trinajstić information content (AvgIpc) is 2.63. The van der Waals surface area contributed by atoms with Crippen molar-refractivity contribution in [2.45, 2.75) is 6.92 Å². The first kappa shape index (κ1) is 19.3. The zero-order valence-corrected chi connectivity index (χ0v) is 15.0. The number of methoxy groups -OCH3 is 1. The molecule has 0 aromatic heterocycles.